The van der Waals surface area contributed by atoms with Crippen molar-refractivity contribution >= 4 is 52.6 Å². The highest BCUT2D eigenvalue weighted by Crippen LogP contribution is 2.37. The molecule has 0 unspecified atom stereocenters. The number of nitrogens with one attached hydrogen (secondary N) is 2. The summed E-state index contributed by atoms with van der Waals surface area (Å²) < 4.78 is 5.42. The van der Waals surface area contributed by atoms with Gasteiger partial charge in [0.15, 0.2) is 0 Å². The van der Waals surface area contributed by atoms with E-state index in [4.69, 9.17) is 33.7 Å². The lowest BCUT2D eigenvalue weighted by Gasteiger charge is -2.37. The van der Waals surface area contributed by atoms with E-state index in [1.165, 1.54) is 0 Å². The number of nitrogens with two attached hydrogens (primary N) is 1. The number of aromatic nitrogens is 3. The van der Waals surface area contributed by atoms with Crippen LogP contribution in [-0.2, 0) is 4.74 Å². The molecule has 0 saturated carbocycles. The highest BCUT2D eigenvalue weighted by molar-refractivity contribution is 6.39. The van der Waals surface area contributed by atoms with Crippen LogP contribution in [0.2, 0.25) is 10.0 Å². The predicted octanol–water partition coefficient (Wildman–Crippen LogP) is 3.49. The number of nitrogen functional groups attached to an aromatic ring is 1. The Morgan fingerprint density at radius 2 is 1.82 bits per heavy atom. The van der Waals surface area contributed by atoms with E-state index in [9.17, 15) is 4.79 Å². The number of amides is 1. The van der Waals surface area contributed by atoms with Gasteiger partial charge in [0.25, 0.3) is 0 Å². The molecule has 3 rings (SSSR count). The number of halogens is 2. The SMILES string of the molecule is CC(C)(C)OC(=O)N1CCN(c2c(Cl)cc(Nc3nc(N)n[nH]3)cc2Cl)CC1. The third-order valence-electron chi connectivity index (χ3n) is 4.03. The Hall–Kier alpha value is -2.39. The van der Waals surface area contributed by atoms with Crippen LogP contribution in [0.3, 0.4) is 0 Å². The van der Waals surface area contributed by atoms with Gasteiger partial charge in [-0.2, -0.15) is 4.98 Å². The van der Waals surface area contributed by atoms with E-state index < -0.39 is 5.60 Å². The number of anilines is 4. The molecule has 2 heterocycles. The van der Waals surface area contributed by atoms with Crippen molar-refractivity contribution in [1.29, 1.82) is 0 Å². The standard InChI is InChI=1S/C17H23Cl2N7O2/c1-17(2,3)28-16(27)26-6-4-25(5-7-26)13-11(18)8-10(9-12(13)19)21-15-22-14(20)23-24-15/h8-9H,4-7H2,1-3H3,(H4,20,21,22,23,24). The van der Waals surface area contributed by atoms with Crippen molar-refractivity contribution in [3.8, 4) is 0 Å². The van der Waals surface area contributed by atoms with Crippen LogP contribution in [0.25, 0.3) is 0 Å². The first-order valence-electron chi connectivity index (χ1n) is 8.79. The predicted molar refractivity (Wildman–Crippen MR) is 111 cm³/mol. The largest absolute Gasteiger partial charge is 0.444 e. The normalized spacial score (nSPS) is 14.9. The smallest absolute Gasteiger partial charge is 0.410 e. The topological polar surface area (TPSA) is 112 Å². The van der Waals surface area contributed by atoms with Crippen LogP contribution in [0.4, 0.5) is 28.1 Å². The second-order valence-electron chi connectivity index (χ2n) is 7.41. The van der Waals surface area contributed by atoms with Gasteiger partial charge in [0.2, 0.25) is 11.9 Å². The molecule has 1 amide bonds. The molecule has 1 aromatic heterocycles. The summed E-state index contributed by atoms with van der Waals surface area (Å²) in [5.41, 5.74) is 6.36. The molecule has 1 saturated heterocycles. The minimum absolute atomic E-state index is 0.138. The monoisotopic (exact) mass is 427 g/mol. The number of H-pyrrole nitrogens is 1. The van der Waals surface area contributed by atoms with Crippen molar-refractivity contribution in [3.63, 3.8) is 0 Å². The first kappa shape index (κ1) is 20.3. The Balaban J connectivity index is 1.67. The quantitative estimate of drug-likeness (QED) is 0.686. The Kier molecular flexibility index (Phi) is 5.76. The Morgan fingerprint density at radius 1 is 1.21 bits per heavy atom. The molecule has 4 N–H and O–H groups in total. The van der Waals surface area contributed by atoms with E-state index >= 15 is 0 Å². The minimum atomic E-state index is -0.516. The molecule has 1 aliphatic heterocycles. The van der Waals surface area contributed by atoms with Gasteiger partial charge < -0.3 is 25.6 Å². The molecule has 11 heteroatoms. The number of carbonyl (C=O) groups is 1. The maximum atomic E-state index is 12.2. The third kappa shape index (κ3) is 4.90. The van der Waals surface area contributed by atoms with Gasteiger partial charge in [-0.25, -0.2) is 9.89 Å². The number of benzene rings is 1. The number of rotatable bonds is 3. The number of aromatic amines is 1. The van der Waals surface area contributed by atoms with E-state index in [1.807, 2.05) is 20.8 Å². The van der Waals surface area contributed by atoms with E-state index in [-0.39, 0.29) is 12.0 Å². The minimum Gasteiger partial charge on any atom is -0.444 e. The van der Waals surface area contributed by atoms with Crippen molar-refractivity contribution < 1.29 is 9.53 Å². The summed E-state index contributed by atoms with van der Waals surface area (Å²) in [6.07, 6.45) is -0.310. The van der Waals surface area contributed by atoms with E-state index in [0.29, 0.717) is 47.9 Å². The van der Waals surface area contributed by atoms with E-state index in [1.54, 1.807) is 17.0 Å². The summed E-state index contributed by atoms with van der Waals surface area (Å²) in [5, 5.41) is 10.4. The van der Waals surface area contributed by atoms with Gasteiger partial charge in [-0.1, -0.05) is 23.2 Å². The zero-order valence-electron chi connectivity index (χ0n) is 15.9. The lowest BCUT2D eigenvalue weighted by atomic mass is 10.2. The second-order valence-corrected chi connectivity index (χ2v) is 8.22. The number of nitrogens with zero attached hydrogens (tertiary/aromatic N) is 4. The molecule has 2 aromatic rings. The lowest BCUT2D eigenvalue weighted by Crippen LogP contribution is -2.50. The molecule has 28 heavy (non-hydrogen) atoms. The van der Waals surface area contributed by atoms with Crippen LogP contribution in [-0.4, -0.2) is 58.0 Å². The van der Waals surface area contributed by atoms with Gasteiger partial charge >= 0.3 is 6.09 Å². The van der Waals surface area contributed by atoms with Crippen molar-refractivity contribution in [3.05, 3.63) is 22.2 Å². The van der Waals surface area contributed by atoms with Gasteiger partial charge in [-0.05, 0) is 32.9 Å². The second kappa shape index (κ2) is 7.92. The average molecular weight is 428 g/mol. The van der Waals surface area contributed by atoms with Crippen LogP contribution < -0.4 is 16.0 Å². The molecular weight excluding hydrogens is 405 g/mol. The van der Waals surface area contributed by atoms with Crippen LogP contribution >= 0.6 is 23.2 Å². The van der Waals surface area contributed by atoms with Crippen LogP contribution in [0.1, 0.15) is 20.8 Å². The van der Waals surface area contributed by atoms with Gasteiger partial charge in [0.05, 0.1) is 15.7 Å². The number of hydrogen-bond acceptors (Lipinski definition) is 7. The molecule has 0 radical (unpaired) electrons. The fourth-order valence-corrected chi connectivity index (χ4v) is 3.57. The number of carbonyl (C=O) groups excluding carboxylic acids is 1. The van der Waals surface area contributed by atoms with Crippen molar-refractivity contribution in [2.75, 3.05) is 42.1 Å². The molecule has 0 spiro atoms. The van der Waals surface area contributed by atoms with Gasteiger partial charge in [0.1, 0.15) is 5.60 Å². The number of piperazine rings is 1. The summed E-state index contributed by atoms with van der Waals surface area (Å²) in [6.45, 7) is 7.81. The van der Waals surface area contributed by atoms with Gasteiger partial charge in [0, 0.05) is 31.9 Å². The Bertz CT molecular complexity index is 834. The van der Waals surface area contributed by atoms with E-state index in [0.717, 1.165) is 5.69 Å². The molecule has 0 aliphatic carbocycles. The fourth-order valence-electron chi connectivity index (χ4n) is 2.85. The van der Waals surface area contributed by atoms with Crippen molar-refractivity contribution in [2.45, 2.75) is 26.4 Å². The number of ether oxygens (including phenoxy) is 1. The maximum absolute atomic E-state index is 12.2. The van der Waals surface area contributed by atoms with Crippen molar-refractivity contribution in [1.82, 2.24) is 20.1 Å². The van der Waals surface area contributed by atoms with Crippen LogP contribution in [0.5, 0.6) is 0 Å². The zero-order chi connectivity index (χ0) is 20.5. The van der Waals surface area contributed by atoms with Gasteiger partial charge in [-0.15, -0.1) is 5.10 Å². The summed E-state index contributed by atoms with van der Waals surface area (Å²) in [5.74, 6) is 0.530. The van der Waals surface area contributed by atoms with Crippen LogP contribution in [0, 0.1) is 0 Å². The summed E-state index contributed by atoms with van der Waals surface area (Å²) in [7, 11) is 0. The summed E-state index contributed by atoms with van der Waals surface area (Å²) in [4.78, 5) is 19.9. The highest BCUT2D eigenvalue weighted by Gasteiger charge is 2.27. The Labute approximate surface area is 173 Å². The van der Waals surface area contributed by atoms with Gasteiger partial charge in [-0.3, -0.25) is 0 Å². The molecule has 9 nitrogen and oxygen atoms in total. The zero-order valence-corrected chi connectivity index (χ0v) is 17.4. The third-order valence-corrected chi connectivity index (χ3v) is 4.61. The molecule has 1 fully saturated rings. The molecule has 1 aromatic carbocycles. The number of hydrogen-bond donors (Lipinski definition) is 3. The first-order valence-corrected chi connectivity index (χ1v) is 9.55. The summed E-state index contributed by atoms with van der Waals surface area (Å²) >= 11 is 13.0. The first-order chi connectivity index (χ1) is 13.1. The highest BCUT2D eigenvalue weighted by atomic mass is 35.5. The Morgan fingerprint density at radius 3 is 2.32 bits per heavy atom. The molecule has 1 aliphatic rings. The lowest BCUT2D eigenvalue weighted by molar-refractivity contribution is 0.0240. The maximum Gasteiger partial charge on any atom is 0.410 e. The molecule has 0 bridgehead atoms. The average Bonchev–Trinajstić information content (AvgIpc) is 2.98. The fraction of sp³-hybridized carbons (Fsp3) is 0.471. The molecular formula is C17H23Cl2N7O2. The molecule has 0 atom stereocenters. The van der Waals surface area contributed by atoms with Crippen LogP contribution in [0.15, 0.2) is 12.1 Å². The molecule has 152 valence electrons. The van der Waals surface area contributed by atoms with Crippen molar-refractivity contribution in [2.24, 2.45) is 0 Å². The van der Waals surface area contributed by atoms with E-state index in [2.05, 4.69) is 25.4 Å². The summed E-state index contributed by atoms with van der Waals surface area (Å²) in [6, 6.07) is 3.50.